The van der Waals surface area contributed by atoms with Crippen molar-refractivity contribution >= 4 is 16.7 Å². The van der Waals surface area contributed by atoms with Gasteiger partial charge in [0.25, 0.3) is 5.91 Å². The number of hydrogen-bond donors (Lipinski definition) is 1. The van der Waals surface area contributed by atoms with Crippen LogP contribution in [0.5, 0.6) is 5.75 Å². The van der Waals surface area contributed by atoms with Crippen LogP contribution in [-0.4, -0.2) is 12.0 Å². The second-order valence-corrected chi connectivity index (χ2v) is 4.66. The van der Waals surface area contributed by atoms with E-state index in [4.69, 9.17) is 10.5 Å². The maximum absolute atomic E-state index is 11.4. The molecule has 0 aliphatic rings. The van der Waals surface area contributed by atoms with E-state index in [1.54, 1.807) is 0 Å². The number of primary amides is 1. The van der Waals surface area contributed by atoms with Gasteiger partial charge in [-0.2, -0.15) is 0 Å². The lowest BCUT2D eigenvalue weighted by atomic mass is 10.1. The first-order valence-electron chi connectivity index (χ1n) is 6.65. The van der Waals surface area contributed by atoms with Crippen LogP contribution < -0.4 is 10.5 Å². The Labute approximate surface area is 113 Å². The topological polar surface area (TPSA) is 52.3 Å². The van der Waals surface area contributed by atoms with E-state index in [0.29, 0.717) is 12.2 Å². The number of unbranched alkanes of at least 4 members (excludes halogenated alkanes) is 1. The van der Waals surface area contributed by atoms with Crippen molar-refractivity contribution in [3.05, 3.63) is 42.5 Å². The average Bonchev–Trinajstić information content (AvgIpc) is 2.43. The van der Waals surface area contributed by atoms with Gasteiger partial charge in [-0.3, -0.25) is 4.79 Å². The number of benzene rings is 2. The Morgan fingerprint density at radius 1 is 1.21 bits per heavy atom. The highest BCUT2D eigenvalue weighted by atomic mass is 16.5. The Bertz CT molecular complexity index is 565. The van der Waals surface area contributed by atoms with E-state index in [1.807, 2.05) is 42.5 Å². The van der Waals surface area contributed by atoms with Crippen LogP contribution in [0.25, 0.3) is 10.8 Å². The van der Waals surface area contributed by atoms with Crippen molar-refractivity contribution in [1.82, 2.24) is 0 Å². The summed E-state index contributed by atoms with van der Waals surface area (Å²) in [4.78, 5) is 11.4. The summed E-state index contributed by atoms with van der Waals surface area (Å²) < 4.78 is 5.71. The van der Waals surface area contributed by atoms with Gasteiger partial charge in [0.05, 0.1) is 0 Å². The highest BCUT2D eigenvalue weighted by Gasteiger charge is 2.16. The molecule has 1 unspecified atom stereocenters. The fourth-order valence-corrected chi connectivity index (χ4v) is 2.05. The number of rotatable bonds is 6. The molecule has 0 aromatic heterocycles. The van der Waals surface area contributed by atoms with Crippen molar-refractivity contribution in [1.29, 1.82) is 0 Å². The van der Waals surface area contributed by atoms with E-state index in [2.05, 4.69) is 6.92 Å². The molecule has 1 amide bonds. The first kappa shape index (κ1) is 13.4. The molecule has 0 bridgehead atoms. The predicted molar refractivity (Wildman–Crippen MR) is 77.1 cm³/mol. The summed E-state index contributed by atoms with van der Waals surface area (Å²) in [5.41, 5.74) is 5.37. The molecule has 1 atom stereocenters. The Morgan fingerprint density at radius 2 is 1.95 bits per heavy atom. The monoisotopic (exact) mass is 257 g/mol. The summed E-state index contributed by atoms with van der Waals surface area (Å²) in [6, 6.07) is 13.9. The van der Waals surface area contributed by atoms with Gasteiger partial charge in [-0.05, 0) is 35.7 Å². The van der Waals surface area contributed by atoms with Gasteiger partial charge in [-0.15, -0.1) is 0 Å². The van der Waals surface area contributed by atoms with Crippen molar-refractivity contribution in [2.45, 2.75) is 32.3 Å². The highest BCUT2D eigenvalue weighted by Crippen LogP contribution is 2.22. The van der Waals surface area contributed by atoms with Crippen molar-refractivity contribution < 1.29 is 9.53 Å². The van der Waals surface area contributed by atoms with E-state index in [0.717, 1.165) is 23.6 Å². The van der Waals surface area contributed by atoms with Crippen LogP contribution in [0, 0.1) is 0 Å². The first-order valence-corrected chi connectivity index (χ1v) is 6.65. The molecule has 0 radical (unpaired) electrons. The molecule has 0 saturated heterocycles. The molecule has 0 saturated carbocycles. The molecule has 100 valence electrons. The number of fused-ring (bicyclic) bond motifs is 1. The minimum absolute atomic E-state index is 0.401. The molecule has 2 rings (SSSR count). The molecule has 3 nitrogen and oxygen atoms in total. The van der Waals surface area contributed by atoms with Crippen LogP contribution in [0.3, 0.4) is 0 Å². The maximum Gasteiger partial charge on any atom is 0.258 e. The Morgan fingerprint density at radius 3 is 2.63 bits per heavy atom. The summed E-state index contributed by atoms with van der Waals surface area (Å²) in [5.74, 6) is 0.292. The summed E-state index contributed by atoms with van der Waals surface area (Å²) in [5, 5.41) is 2.25. The fraction of sp³-hybridized carbons (Fsp3) is 0.312. The molecular formula is C16H19NO2. The SMILES string of the molecule is CCCCC(Oc1ccc2ccccc2c1)C(N)=O. The molecule has 0 heterocycles. The molecule has 2 aromatic rings. The zero-order valence-corrected chi connectivity index (χ0v) is 11.1. The standard InChI is InChI=1S/C16H19NO2/c1-2-3-8-15(16(17)18)19-14-10-9-12-6-4-5-7-13(12)11-14/h4-7,9-11,15H,2-3,8H2,1H3,(H2,17,18). The number of hydrogen-bond acceptors (Lipinski definition) is 2. The van der Waals surface area contributed by atoms with E-state index in [9.17, 15) is 4.79 Å². The van der Waals surface area contributed by atoms with E-state index in [-0.39, 0.29) is 0 Å². The average molecular weight is 257 g/mol. The lowest BCUT2D eigenvalue weighted by Crippen LogP contribution is -2.33. The van der Waals surface area contributed by atoms with Crippen molar-refractivity contribution in [3.63, 3.8) is 0 Å². The molecule has 2 N–H and O–H groups in total. The van der Waals surface area contributed by atoms with Crippen LogP contribution in [0.4, 0.5) is 0 Å². The highest BCUT2D eigenvalue weighted by molar-refractivity contribution is 5.84. The molecule has 19 heavy (non-hydrogen) atoms. The van der Waals surface area contributed by atoms with Gasteiger partial charge in [0, 0.05) is 0 Å². The largest absolute Gasteiger partial charge is 0.481 e. The minimum Gasteiger partial charge on any atom is -0.481 e. The molecule has 0 aliphatic heterocycles. The smallest absolute Gasteiger partial charge is 0.258 e. The van der Waals surface area contributed by atoms with Gasteiger partial charge in [-0.25, -0.2) is 0 Å². The van der Waals surface area contributed by atoms with E-state index < -0.39 is 12.0 Å². The number of amides is 1. The molecule has 0 fully saturated rings. The molecule has 0 aliphatic carbocycles. The molecule has 3 heteroatoms. The first-order chi connectivity index (χ1) is 9.20. The molecular weight excluding hydrogens is 238 g/mol. The van der Waals surface area contributed by atoms with Crippen LogP contribution in [0.1, 0.15) is 26.2 Å². The van der Waals surface area contributed by atoms with Crippen molar-refractivity contribution in [3.8, 4) is 5.75 Å². The van der Waals surface area contributed by atoms with Gasteiger partial charge < -0.3 is 10.5 Å². The van der Waals surface area contributed by atoms with Gasteiger partial charge in [0.2, 0.25) is 0 Å². The van der Waals surface area contributed by atoms with Gasteiger partial charge in [-0.1, -0.05) is 43.7 Å². The van der Waals surface area contributed by atoms with Crippen LogP contribution in [-0.2, 0) is 4.79 Å². The second kappa shape index (κ2) is 6.23. The third-order valence-corrected chi connectivity index (χ3v) is 3.14. The summed E-state index contributed by atoms with van der Waals surface area (Å²) in [6.45, 7) is 2.08. The second-order valence-electron chi connectivity index (χ2n) is 4.66. The number of ether oxygens (including phenoxy) is 1. The number of nitrogens with two attached hydrogens (primary N) is 1. The minimum atomic E-state index is -0.541. The lowest BCUT2D eigenvalue weighted by Gasteiger charge is -2.16. The number of carbonyl (C=O) groups excluding carboxylic acids is 1. The Kier molecular flexibility index (Phi) is 4.39. The van der Waals surface area contributed by atoms with Crippen LogP contribution in [0.15, 0.2) is 42.5 Å². The van der Waals surface area contributed by atoms with Gasteiger partial charge in [0.15, 0.2) is 6.10 Å². The third kappa shape index (κ3) is 3.47. The Hall–Kier alpha value is -2.03. The third-order valence-electron chi connectivity index (χ3n) is 3.14. The zero-order valence-electron chi connectivity index (χ0n) is 11.1. The quantitative estimate of drug-likeness (QED) is 0.863. The normalized spacial score (nSPS) is 12.3. The number of carbonyl (C=O) groups is 1. The van der Waals surface area contributed by atoms with Gasteiger partial charge >= 0.3 is 0 Å². The van der Waals surface area contributed by atoms with Crippen LogP contribution >= 0.6 is 0 Å². The predicted octanol–water partition coefficient (Wildman–Crippen LogP) is 3.26. The molecule has 0 spiro atoms. The van der Waals surface area contributed by atoms with Crippen molar-refractivity contribution in [2.75, 3.05) is 0 Å². The Balaban J connectivity index is 2.16. The van der Waals surface area contributed by atoms with E-state index in [1.165, 1.54) is 0 Å². The summed E-state index contributed by atoms with van der Waals surface area (Å²) >= 11 is 0. The summed E-state index contributed by atoms with van der Waals surface area (Å²) in [7, 11) is 0. The van der Waals surface area contributed by atoms with Crippen molar-refractivity contribution in [2.24, 2.45) is 5.73 Å². The zero-order chi connectivity index (χ0) is 13.7. The van der Waals surface area contributed by atoms with Crippen LogP contribution in [0.2, 0.25) is 0 Å². The maximum atomic E-state index is 11.4. The van der Waals surface area contributed by atoms with E-state index >= 15 is 0 Å². The summed E-state index contributed by atoms with van der Waals surface area (Å²) in [6.07, 6.45) is 2.08. The fourth-order valence-electron chi connectivity index (χ4n) is 2.05. The molecule has 2 aromatic carbocycles. The lowest BCUT2D eigenvalue weighted by molar-refractivity contribution is -0.125. The van der Waals surface area contributed by atoms with Gasteiger partial charge in [0.1, 0.15) is 5.75 Å².